The van der Waals surface area contributed by atoms with Gasteiger partial charge >= 0.3 is 0 Å². The normalized spacial score (nSPS) is 22.7. The van der Waals surface area contributed by atoms with Crippen LogP contribution < -0.4 is 4.74 Å². The van der Waals surface area contributed by atoms with Crippen LogP contribution in [-0.4, -0.2) is 11.7 Å². The molecular weight excluding hydrogens is 224 g/mol. The van der Waals surface area contributed by atoms with E-state index in [0.29, 0.717) is 0 Å². The van der Waals surface area contributed by atoms with Crippen molar-refractivity contribution in [2.24, 2.45) is 0 Å². The van der Waals surface area contributed by atoms with E-state index in [4.69, 9.17) is 4.74 Å². The quantitative estimate of drug-likeness (QED) is 0.768. The first-order chi connectivity index (χ1) is 8.80. The zero-order valence-electron chi connectivity index (χ0n) is 11.0. The van der Waals surface area contributed by atoms with Crippen LogP contribution in [0.15, 0.2) is 18.2 Å². The van der Waals surface area contributed by atoms with E-state index < -0.39 is 5.60 Å². The third kappa shape index (κ3) is 2.14. The highest BCUT2D eigenvalue weighted by atomic mass is 16.5. The minimum absolute atomic E-state index is 0.654. The summed E-state index contributed by atoms with van der Waals surface area (Å²) in [4.78, 5) is 0. The zero-order chi connectivity index (χ0) is 12.4. The monoisotopic (exact) mass is 246 g/mol. The van der Waals surface area contributed by atoms with Gasteiger partial charge in [-0.3, -0.25) is 0 Å². The fourth-order valence-corrected chi connectivity index (χ4v) is 3.34. The lowest BCUT2D eigenvalue weighted by Crippen LogP contribution is -2.27. The number of hydrogen-bond acceptors (Lipinski definition) is 2. The summed E-state index contributed by atoms with van der Waals surface area (Å²) in [5.74, 6) is 0.980. The Hall–Kier alpha value is -1.02. The summed E-state index contributed by atoms with van der Waals surface area (Å²) < 4.78 is 5.85. The molecule has 0 radical (unpaired) electrons. The molecule has 1 aromatic carbocycles. The number of fused-ring (bicyclic) bond motifs is 1. The first-order valence-electron chi connectivity index (χ1n) is 7.27. The highest BCUT2D eigenvalue weighted by molar-refractivity contribution is 5.46. The smallest absolute Gasteiger partial charge is 0.128 e. The maximum atomic E-state index is 11.0. The molecule has 2 nitrogen and oxygen atoms in total. The molecule has 0 bridgehead atoms. The average molecular weight is 246 g/mol. The van der Waals surface area contributed by atoms with Gasteiger partial charge in [-0.25, -0.2) is 0 Å². The van der Waals surface area contributed by atoms with E-state index in [2.05, 4.69) is 18.2 Å². The highest BCUT2D eigenvalue weighted by Gasteiger charge is 2.34. The van der Waals surface area contributed by atoms with Crippen LogP contribution in [-0.2, 0) is 12.0 Å². The zero-order valence-corrected chi connectivity index (χ0v) is 11.0. The van der Waals surface area contributed by atoms with Crippen LogP contribution in [0.2, 0.25) is 0 Å². The van der Waals surface area contributed by atoms with Gasteiger partial charge in [0.15, 0.2) is 0 Å². The van der Waals surface area contributed by atoms with Gasteiger partial charge in [0, 0.05) is 5.56 Å². The Balaban J connectivity index is 1.99. The van der Waals surface area contributed by atoms with Crippen LogP contribution in [0.1, 0.15) is 56.1 Å². The lowest BCUT2D eigenvalue weighted by Gasteiger charge is -2.31. The van der Waals surface area contributed by atoms with E-state index in [1.165, 1.54) is 18.4 Å². The van der Waals surface area contributed by atoms with Crippen LogP contribution in [0.25, 0.3) is 0 Å². The van der Waals surface area contributed by atoms with Crippen LogP contribution in [0, 0.1) is 0 Å². The topological polar surface area (TPSA) is 29.5 Å². The molecular formula is C16H22O2. The van der Waals surface area contributed by atoms with E-state index in [1.807, 2.05) is 0 Å². The second-order valence-corrected chi connectivity index (χ2v) is 5.69. The van der Waals surface area contributed by atoms with Gasteiger partial charge in [0.1, 0.15) is 5.75 Å². The van der Waals surface area contributed by atoms with Gasteiger partial charge in [-0.15, -0.1) is 0 Å². The van der Waals surface area contributed by atoms with E-state index in [0.717, 1.165) is 56.4 Å². The molecule has 1 saturated carbocycles. The summed E-state index contributed by atoms with van der Waals surface area (Å²) in [6, 6.07) is 6.28. The highest BCUT2D eigenvalue weighted by Crippen LogP contribution is 2.42. The van der Waals surface area contributed by atoms with Crippen molar-refractivity contribution >= 4 is 0 Å². The first kappa shape index (κ1) is 12.0. The Bertz CT molecular complexity index is 417. The maximum absolute atomic E-state index is 11.0. The van der Waals surface area contributed by atoms with E-state index in [9.17, 15) is 5.11 Å². The Morgan fingerprint density at radius 3 is 2.56 bits per heavy atom. The summed E-state index contributed by atoms with van der Waals surface area (Å²) in [5, 5.41) is 11.0. The third-order valence-corrected chi connectivity index (χ3v) is 4.37. The van der Waals surface area contributed by atoms with Crippen LogP contribution in [0.4, 0.5) is 0 Å². The van der Waals surface area contributed by atoms with E-state index in [-0.39, 0.29) is 0 Å². The number of rotatable bonds is 1. The molecule has 2 aliphatic rings. The molecule has 1 aromatic rings. The van der Waals surface area contributed by atoms with Crippen molar-refractivity contribution in [3.63, 3.8) is 0 Å². The molecule has 0 amide bonds. The summed E-state index contributed by atoms with van der Waals surface area (Å²) in [6.07, 6.45) is 8.68. The molecule has 1 heterocycles. The average Bonchev–Trinajstić information content (AvgIpc) is 2.64. The van der Waals surface area contributed by atoms with Gasteiger partial charge in [-0.05, 0) is 31.2 Å². The second kappa shape index (κ2) is 4.93. The van der Waals surface area contributed by atoms with Gasteiger partial charge in [0.05, 0.1) is 12.2 Å². The molecule has 1 N–H and O–H groups in total. The minimum atomic E-state index is -0.654. The molecule has 1 aliphatic carbocycles. The molecule has 1 aliphatic heterocycles. The van der Waals surface area contributed by atoms with Gasteiger partial charge in [0.25, 0.3) is 0 Å². The Labute approximate surface area is 109 Å². The summed E-state index contributed by atoms with van der Waals surface area (Å²) in [6.45, 7) is 0.792. The van der Waals surface area contributed by atoms with Crippen molar-refractivity contribution in [1.82, 2.24) is 0 Å². The molecule has 0 unspecified atom stereocenters. The van der Waals surface area contributed by atoms with E-state index in [1.54, 1.807) is 0 Å². The molecule has 0 aromatic heterocycles. The van der Waals surface area contributed by atoms with Gasteiger partial charge in [-0.1, -0.05) is 43.9 Å². The largest absolute Gasteiger partial charge is 0.493 e. The van der Waals surface area contributed by atoms with Crippen molar-refractivity contribution in [2.75, 3.05) is 6.61 Å². The third-order valence-electron chi connectivity index (χ3n) is 4.37. The van der Waals surface area contributed by atoms with E-state index >= 15 is 0 Å². The van der Waals surface area contributed by atoms with Gasteiger partial charge in [-0.2, -0.15) is 0 Å². The number of benzene rings is 1. The molecule has 0 spiro atoms. The summed E-state index contributed by atoms with van der Waals surface area (Å²) in [5.41, 5.74) is 1.66. The molecule has 0 saturated heterocycles. The van der Waals surface area contributed by atoms with Crippen LogP contribution >= 0.6 is 0 Å². The molecule has 0 atom stereocenters. The summed E-state index contributed by atoms with van der Waals surface area (Å²) in [7, 11) is 0. The van der Waals surface area contributed by atoms with Crippen LogP contribution in [0.3, 0.4) is 0 Å². The van der Waals surface area contributed by atoms with Crippen LogP contribution in [0.5, 0.6) is 5.75 Å². The minimum Gasteiger partial charge on any atom is -0.493 e. The van der Waals surface area contributed by atoms with Gasteiger partial charge in [0.2, 0.25) is 0 Å². The van der Waals surface area contributed by atoms with Crippen molar-refractivity contribution < 1.29 is 9.84 Å². The lowest BCUT2D eigenvalue weighted by atomic mass is 9.84. The number of aryl methyl sites for hydroxylation is 1. The SMILES string of the molecule is OC1(c2cccc3c2OCCC3)CCCCCC1. The summed E-state index contributed by atoms with van der Waals surface area (Å²) >= 11 is 0. The number of ether oxygens (including phenoxy) is 1. The number of aliphatic hydroxyl groups is 1. The Morgan fingerprint density at radius 2 is 1.78 bits per heavy atom. The predicted octanol–water partition coefficient (Wildman–Crippen LogP) is 3.55. The first-order valence-corrected chi connectivity index (χ1v) is 7.27. The predicted molar refractivity (Wildman–Crippen MR) is 71.9 cm³/mol. The Morgan fingerprint density at radius 1 is 1.00 bits per heavy atom. The molecule has 2 heteroatoms. The maximum Gasteiger partial charge on any atom is 0.128 e. The number of para-hydroxylation sites is 1. The van der Waals surface area contributed by atoms with Gasteiger partial charge < -0.3 is 9.84 Å². The molecule has 3 rings (SSSR count). The fourth-order valence-electron chi connectivity index (χ4n) is 3.34. The molecule has 98 valence electrons. The van der Waals surface area contributed by atoms with Crippen molar-refractivity contribution in [1.29, 1.82) is 0 Å². The Kier molecular flexibility index (Phi) is 3.29. The number of hydrogen-bond donors (Lipinski definition) is 1. The van der Waals surface area contributed by atoms with Crippen molar-refractivity contribution in [2.45, 2.75) is 57.0 Å². The lowest BCUT2D eigenvalue weighted by molar-refractivity contribution is 0.0174. The fraction of sp³-hybridized carbons (Fsp3) is 0.625. The standard InChI is InChI=1S/C16H22O2/c17-16(10-3-1-2-4-11-16)14-9-5-7-13-8-6-12-18-15(13)14/h5,7,9,17H,1-4,6,8,10-12H2. The second-order valence-electron chi connectivity index (χ2n) is 5.69. The van der Waals surface area contributed by atoms with Crippen molar-refractivity contribution in [3.8, 4) is 5.75 Å². The molecule has 1 fully saturated rings. The van der Waals surface area contributed by atoms with Crippen molar-refractivity contribution in [3.05, 3.63) is 29.3 Å². The molecule has 18 heavy (non-hydrogen) atoms.